The molecule has 0 amide bonds. The molecule has 0 unspecified atom stereocenters. The van der Waals surface area contributed by atoms with Crippen LogP contribution in [0.2, 0.25) is 0 Å². The fraction of sp³-hybridized carbons (Fsp3) is 0.308. The summed E-state index contributed by atoms with van der Waals surface area (Å²) in [5.41, 5.74) is 1.15. The van der Waals surface area contributed by atoms with Gasteiger partial charge in [0.25, 0.3) is 0 Å². The highest BCUT2D eigenvalue weighted by atomic mass is 16.5. The molecule has 0 aliphatic heterocycles. The number of hydrogen-bond donors (Lipinski definition) is 1. The molecule has 0 radical (unpaired) electrons. The molecule has 1 N–H and O–H groups in total. The lowest BCUT2D eigenvalue weighted by Crippen LogP contribution is -2.16. The van der Waals surface area contributed by atoms with Gasteiger partial charge >= 0.3 is 0 Å². The second-order valence-corrected chi connectivity index (χ2v) is 3.39. The Morgan fingerprint density at radius 2 is 2.06 bits per heavy atom. The Morgan fingerprint density at radius 3 is 2.62 bits per heavy atom. The van der Waals surface area contributed by atoms with Crippen molar-refractivity contribution in [1.82, 2.24) is 5.32 Å². The van der Waals surface area contributed by atoms with E-state index in [1.165, 1.54) is 13.0 Å². The average molecular weight is 219 g/mol. The summed E-state index contributed by atoms with van der Waals surface area (Å²) in [5.74, 6) is 0.503. The van der Waals surface area contributed by atoms with Gasteiger partial charge in [0, 0.05) is 12.6 Å². The fourth-order valence-corrected chi connectivity index (χ4v) is 1.27. The third-order valence-corrected chi connectivity index (χ3v) is 1.94. The van der Waals surface area contributed by atoms with E-state index in [1.54, 1.807) is 0 Å². The third kappa shape index (κ3) is 4.64. The summed E-state index contributed by atoms with van der Waals surface area (Å²) >= 11 is 0. The van der Waals surface area contributed by atoms with E-state index in [0.29, 0.717) is 19.0 Å². The maximum atomic E-state index is 10.9. The minimum Gasteiger partial charge on any atom is -0.479 e. The van der Waals surface area contributed by atoms with Crippen molar-refractivity contribution < 1.29 is 9.53 Å². The van der Waals surface area contributed by atoms with Crippen LogP contribution in [0.1, 0.15) is 19.4 Å². The van der Waals surface area contributed by atoms with Gasteiger partial charge in [0.05, 0.1) is 6.61 Å². The predicted molar refractivity (Wildman–Crippen MR) is 63.7 cm³/mol. The first-order chi connectivity index (χ1) is 7.72. The monoisotopic (exact) mass is 219 g/mol. The van der Waals surface area contributed by atoms with Crippen molar-refractivity contribution >= 4 is 5.78 Å². The van der Waals surface area contributed by atoms with Crippen LogP contribution in [0, 0.1) is 0 Å². The van der Waals surface area contributed by atoms with Gasteiger partial charge in [-0.05, 0) is 19.4 Å². The first-order valence-corrected chi connectivity index (χ1v) is 5.35. The lowest BCUT2D eigenvalue weighted by atomic mass is 10.2. The van der Waals surface area contributed by atoms with Crippen LogP contribution in [0.25, 0.3) is 0 Å². The second kappa shape index (κ2) is 6.67. The Hall–Kier alpha value is -1.77. The van der Waals surface area contributed by atoms with Gasteiger partial charge in [-0.15, -0.1) is 0 Å². The average Bonchev–Trinajstić information content (AvgIpc) is 2.27. The Morgan fingerprint density at radius 1 is 1.38 bits per heavy atom. The van der Waals surface area contributed by atoms with Crippen LogP contribution in [0.5, 0.6) is 0 Å². The van der Waals surface area contributed by atoms with E-state index >= 15 is 0 Å². The van der Waals surface area contributed by atoms with E-state index in [9.17, 15) is 4.79 Å². The molecule has 0 heterocycles. The van der Waals surface area contributed by atoms with Crippen LogP contribution in [-0.4, -0.2) is 12.4 Å². The van der Waals surface area contributed by atoms with Gasteiger partial charge in [0.2, 0.25) is 0 Å². The zero-order chi connectivity index (χ0) is 11.8. The molecule has 16 heavy (non-hydrogen) atoms. The molecule has 0 spiro atoms. The molecule has 0 saturated carbocycles. The lowest BCUT2D eigenvalue weighted by Gasteiger charge is -2.10. The largest absolute Gasteiger partial charge is 0.479 e. The minimum atomic E-state index is -0.0241. The zero-order valence-electron chi connectivity index (χ0n) is 9.69. The quantitative estimate of drug-likeness (QED) is 0.589. The predicted octanol–water partition coefficient (Wildman–Crippen LogP) is 2.24. The van der Waals surface area contributed by atoms with Gasteiger partial charge in [0.1, 0.15) is 0 Å². The number of benzene rings is 1. The van der Waals surface area contributed by atoms with Gasteiger partial charge in [0.15, 0.2) is 11.7 Å². The van der Waals surface area contributed by atoms with Gasteiger partial charge in [-0.2, -0.15) is 0 Å². The number of rotatable bonds is 6. The Kier molecular flexibility index (Phi) is 5.12. The first kappa shape index (κ1) is 12.3. The van der Waals surface area contributed by atoms with Crippen molar-refractivity contribution in [2.75, 3.05) is 6.61 Å². The molecule has 0 aliphatic rings. The maximum Gasteiger partial charge on any atom is 0.190 e. The van der Waals surface area contributed by atoms with Crippen molar-refractivity contribution in [2.45, 2.75) is 20.4 Å². The normalized spacial score (nSPS) is 11.0. The summed E-state index contributed by atoms with van der Waals surface area (Å²) in [6.07, 6.45) is 1.46. The SMILES string of the molecule is CCO/C(=C\C(C)=O)NCc1ccccc1. The van der Waals surface area contributed by atoms with E-state index < -0.39 is 0 Å². The zero-order valence-corrected chi connectivity index (χ0v) is 9.69. The van der Waals surface area contributed by atoms with Gasteiger partial charge < -0.3 is 10.1 Å². The smallest absolute Gasteiger partial charge is 0.190 e. The Labute approximate surface area is 96.1 Å². The number of nitrogens with one attached hydrogen (secondary N) is 1. The lowest BCUT2D eigenvalue weighted by molar-refractivity contribution is -0.112. The summed E-state index contributed by atoms with van der Waals surface area (Å²) < 4.78 is 5.30. The van der Waals surface area contributed by atoms with Crippen LogP contribution in [-0.2, 0) is 16.1 Å². The topological polar surface area (TPSA) is 38.3 Å². The summed E-state index contributed by atoms with van der Waals surface area (Å²) in [6, 6.07) is 9.96. The van der Waals surface area contributed by atoms with Gasteiger partial charge in [-0.25, -0.2) is 0 Å². The molecule has 1 aromatic rings. The van der Waals surface area contributed by atoms with Crippen molar-refractivity contribution in [3.63, 3.8) is 0 Å². The van der Waals surface area contributed by atoms with E-state index in [0.717, 1.165) is 5.56 Å². The van der Waals surface area contributed by atoms with Crippen molar-refractivity contribution in [2.24, 2.45) is 0 Å². The van der Waals surface area contributed by atoms with Gasteiger partial charge in [-0.1, -0.05) is 30.3 Å². The molecule has 1 rings (SSSR count). The van der Waals surface area contributed by atoms with E-state index in [2.05, 4.69) is 5.32 Å². The maximum absolute atomic E-state index is 10.9. The number of hydrogen-bond acceptors (Lipinski definition) is 3. The summed E-state index contributed by atoms with van der Waals surface area (Å²) in [7, 11) is 0. The minimum absolute atomic E-state index is 0.0241. The summed E-state index contributed by atoms with van der Waals surface area (Å²) in [4.78, 5) is 10.9. The summed E-state index contributed by atoms with van der Waals surface area (Å²) in [5, 5.41) is 3.09. The molecule has 0 saturated heterocycles. The molecule has 3 nitrogen and oxygen atoms in total. The number of carbonyl (C=O) groups excluding carboxylic acids is 1. The third-order valence-electron chi connectivity index (χ3n) is 1.94. The molecule has 1 aromatic carbocycles. The molecule has 0 bridgehead atoms. The fourth-order valence-electron chi connectivity index (χ4n) is 1.27. The Balaban J connectivity index is 2.54. The highest BCUT2D eigenvalue weighted by Gasteiger charge is 1.99. The number of allylic oxidation sites excluding steroid dienone is 1. The highest BCUT2D eigenvalue weighted by molar-refractivity contribution is 5.87. The van der Waals surface area contributed by atoms with Crippen LogP contribution in [0.15, 0.2) is 42.3 Å². The van der Waals surface area contributed by atoms with Crippen LogP contribution in [0.3, 0.4) is 0 Å². The molecule has 0 atom stereocenters. The van der Waals surface area contributed by atoms with E-state index in [1.807, 2.05) is 37.3 Å². The second-order valence-electron chi connectivity index (χ2n) is 3.39. The van der Waals surface area contributed by atoms with Crippen molar-refractivity contribution in [3.8, 4) is 0 Å². The molecular weight excluding hydrogens is 202 g/mol. The molecule has 0 aliphatic carbocycles. The highest BCUT2D eigenvalue weighted by Crippen LogP contribution is 2.00. The standard InChI is InChI=1S/C13H17NO2/c1-3-16-13(9-11(2)15)14-10-12-7-5-4-6-8-12/h4-9,14H,3,10H2,1-2H3/b13-9-. The number of carbonyl (C=O) groups is 1. The van der Waals surface area contributed by atoms with Crippen LogP contribution in [0.4, 0.5) is 0 Å². The number of ketones is 1. The van der Waals surface area contributed by atoms with E-state index in [4.69, 9.17) is 4.74 Å². The molecule has 3 heteroatoms. The summed E-state index contributed by atoms with van der Waals surface area (Å²) in [6.45, 7) is 4.59. The molecule has 0 fully saturated rings. The van der Waals surface area contributed by atoms with E-state index in [-0.39, 0.29) is 5.78 Å². The van der Waals surface area contributed by atoms with Crippen LogP contribution < -0.4 is 5.32 Å². The Bertz CT molecular complexity index is 357. The number of ether oxygens (including phenoxy) is 1. The molecular formula is C13H17NO2. The van der Waals surface area contributed by atoms with Crippen molar-refractivity contribution in [1.29, 1.82) is 0 Å². The van der Waals surface area contributed by atoms with Crippen molar-refractivity contribution in [3.05, 3.63) is 47.9 Å². The molecule has 86 valence electrons. The molecule has 0 aromatic heterocycles. The van der Waals surface area contributed by atoms with Crippen LogP contribution >= 0.6 is 0 Å². The first-order valence-electron chi connectivity index (χ1n) is 5.35. The van der Waals surface area contributed by atoms with Gasteiger partial charge in [-0.3, -0.25) is 4.79 Å².